The summed E-state index contributed by atoms with van der Waals surface area (Å²) in [7, 11) is 0. The summed E-state index contributed by atoms with van der Waals surface area (Å²) >= 11 is 0. The summed E-state index contributed by atoms with van der Waals surface area (Å²) in [6.07, 6.45) is 0. The summed E-state index contributed by atoms with van der Waals surface area (Å²) < 4.78 is 19.9. The minimum Gasteiger partial charge on any atom is -0.439 e. The van der Waals surface area contributed by atoms with Crippen molar-refractivity contribution in [1.29, 1.82) is 5.26 Å². The lowest BCUT2D eigenvalue weighted by atomic mass is 9.79. The highest BCUT2D eigenvalue weighted by molar-refractivity contribution is 6.14. The van der Waals surface area contributed by atoms with Gasteiger partial charge in [0.2, 0.25) is 5.88 Å². The molecule has 0 saturated carbocycles. The molecule has 5 heteroatoms. The van der Waals surface area contributed by atoms with Crippen LogP contribution in [-0.4, -0.2) is 5.78 Å². The zero-order valence-corrected chi connectivity index (χ0v) is 15.9. The minimum absolute atomic E-state index is 0.0690. The number of benzene rings is 3. The number of allylic oxidation sites excluding steroid dienone is 2. The predicted molar refractivity (Wildman–Crippen MR) is 111 cm³/mol. The van der Waals surface area contributed by atoms with Gasteiger partial charge in [0.15, 0.2) is 5.78 Å². The van der Waals surface area contributed by atoms with Gasteiger partial charge in [0.25, 0.3) is 0 Å². The van der Waals surface area contributed by atoms with Crippen molar-refractivity contribution in [2.75, 3.05) is 0 Å². The van der Waals surface area contributed by atoms with Gasteiger partial charge in [-0.3, -0.25) is 4.79 Å². The molecule has 0 amide bonds. The number of hydrogen-bond donors (Lipinski definition) is 1. The van der Waals surface area contributed by atoms with Gasteiger partial charge < -0.3 is 10.5 Å². The Morgan fingerprint density at radius 1 is 0.967 bits per heavy atom. The van der Waals surface area contributed by atoms with E-state index in [2.05, 4.69) is 6.07 Å². The number of ether oxygens (including phenoxy) is 1. The van der Waals surface area contributed by atoms with Crippen LogP contribution in [0.4, 0.5) is 4.39 Å². The third-order valence-electron chi connectivity index (χ3n) is 4.92. The maximum atomic E-state index is 14.1. The molecule has 0 radical (unpaired) electrons. The standard InChI is InChI=1S/C25H17FN2O2/c26-19-13-7-12-18(14-19)21-20(15-27)25(28)30-24(17-10-5-2-6-11-17)22(21)23(29)16-8-3-1-4-9-16/h1-14,21H,28H2. The molecule has 146 valence electrons. The Morgan fingerprint density at radius 3 is 2.27 bits per heavy atom. The van der Waals surface area contributed by atoms with E-state index in [4.69, 9.17) is 10.5 Å². The first-order valence-corrected chi connectivity index (χ1v) is 9.32. The molecule has 1 aliphatic rings. The zero-order chi connectivity index (χ0) is 21.1. The van der Waals surface area contributed by atoms with E-state index in [9.17, 15) is 14.4 Å². The highest BCUT2D eigenvalue weighted by Crippen LogP contribution is 2.43. The number of hydrogen-bond acceptors (Lipinski definition) is 4. The summed E-state index contributed by atoms with van der Waals surface area (Å²) in [5, 5.41) is 9.79. The average Bonchev–Trinajstić information content (AvgIpc) is 2.79. The number of rotatable bonds is 4. The second-order valence-corrected chi connectivity index (χ2v) is 6.78. The van der Waals surface area contributed by atoms with Crippen LogP contribution < -0.4 is 5.73 Å². The van der Waals surface area contributed by atoms with E-state index in [-0.39, 0.29) is 28.6 Å². The van der Waals surface area contributed by atoms with Crippen molar-refractivity contribution in [3.05, 3.63) is 124 Å². The van der Waals surface area contributed by atoms with Crippen molar-refractivity contribution in [2.24, 2.45) is 5.73 Å². The zero-order valence-electron chi connectivity index (χ0n) is 15.9. The largest absolute Gasteiger partial charge is 0.439 e. The quantitative estimate of drug-likeness (QED) is 0.635. The first kappa shape index (κ1) is 19.2. The van der Waals surface area contributed by atoms with Crippen LogP contribution in [0.25, 0.3) is 5.76 Å². The van der Waals surface area contributed by atoms with Gasteiger partial charge in [-0.05, 0) is 17.7 Å². The summed E-state index contributed by atoms with van der Waals surface area (Å²) in [4.78, 5) is 13.6. The minimum atomic E-state index is -0.859. The Labute approximate surface area is 173 Å². The molecule has 0 aromatic heterocycles. The first-order chi connectivity index (χ1) is 14.6. The highest BCUT2D eigenvalue weighted by atomic mass is 19.1. The summed E-state index contributed by atoms with van der Waals surface area (Å²) in [6, 6.07) is 25.6. The van der Waals surface area contributed by atoms with E-state index in [1.165, 1.54) is 18.2 Å². The number of nitrogens with zero attached hydrogens (tertiary/aromatic N) is 1. The molecule has 0 saturated heterocycles. The topological polar surface area (TPSA) is 76.1 Å². The molecule has 1 aliphatic heterocycles. The Morgan fingerprint density at radius 2 is 1.63 bits per heavy atom. The molecular formula is C25H17FN2O2. The SMILES string of the molecule is N#CC1=C(N)OC(c2ccccc2)=C(C(=O)c2ccccc2)C1c1cccc(F)c1. The molecule has 2 N–H and O–H groups in total. The fourth-order valence-corrected chi connectivity index (χ4v) is 3.56. The number of ketones is 1. The molecule has 1 unspecified atom stereocenters. The third-order valence-corrected chi connectivity index (χ3v) is 4.92. The number of carbonyl (C=O) groups is 1. The van der Waals surface area contributed by atoms with Crippen LogP contribution in [0.1, 0.15) is 27.4 Å². The van der Waals surface area contributed by atoms with Gasteiger partial charge in [0, 0.05) is 11.1 Å². The molecule has 30 heavy (non-hydrogen) atoms. The molecule has 3 aromatic rings. The summed E-state index contributed by atoms with van der Waals surface area (Å²) in [6.45, 7) is 0. The van der Waals surface area contributed by atoms with Crippen molar-refractivity contribution in [3.8, 4) is 6.07 Å². The van der Waals surface area contributed by atoms with Gasteiger partial charge in [-0.15, -0.1) is 0 Å². The number of carbonyl (C=O) groups excluding carboxylic acids is 1. The van der Waals surface area contributed by atoms with Crippen molar-refractivity contribution in [3.63, 3.8) is 0 Å². The molecule has 1 atom stereocenters. The van der Waals surface area contributed by atoms with Crippen LogP contribution >= 0.6 is 0 Å². The molecular weight excluding hydrogens is 379 g/mol. The van der Waals surface area contributed by atoms with E-state index in [1.807, 2.05) is 24.3 Å². The van der Waals surface area contributed by atoms with Gasteiger partial charge >= 0.3 is 0 Å². The maximum absolute atomic E-state index is 14.1. The molecule has 1 heterocycles. The Balaban J connectivity index is 2.01. The number of nitrogens with two attached hydrogens (primary N) is 1. The Bertz CT molecular complexity index is 1210. The van der Waals surface area contributed by atoms with Crippen molar-refractivity contribution < 1.29 is 13.9 Å². The number of nitriles is 1. The van der Waals surface area contributed by atoms with Crippen LogP contribution in [-0.2, 0) is 4.74 Å². The summed E-state index contributed by atoms with van der Waals surface area (Å²) in [5.41, 5.74) is 7.91. The lowest BCUT2D eigenvalue weighted by molar-refractivity contribution is 0.102. The fraction of sp³-hybridized carbons (Fsp3) is 0.0400. The van der Waals surface area contributed by atoms with Gasteiger partial charge in [0.1, 0.15) is 23.2 Å². The second-order valence-electron chi connectivity index (χ2n) is 6.78. The number of halogens is 1. The van der Waals surface area contributed by atoms with Crippen molar-refractivity contribution in [1.82, 2.24) is 0 Å². The highest BCUT2D eigenvalue weighted by Gasteiger charge is 2.37. The fourth-order valence-electron chi connectivity index (χ4n) is 3.56. The predicted octanol–water partition coefficient (Wildman–Crippen LogP) is 4.93. The van der Waals surface area contributed by atoms with Gasteiger partial charge in [-0.2, -0.15) is 5.26 Å². The van der Waals surface area contributed by atoms with E-state index in [1.54, 1.807) is 42.5 Å². The normalized spacial score (nSPS) is 16.1. The lowest BCUT2D eigenvalue weighted by Gasteiger charge is -2.29. The molecule has 4 rings (SSSR count). The molecule has 4 nitrogen and oxygen atoms in total. The van der Waals surface area contributed by atoms with Crippen LogP contribution in [0.3, 0.4) is 0 Å². The van der Waals surface area contributed by atoms with E-state index >= 15 is 0 Å². The molecule has 0 aliphatic carbocycles. The van der Waals surface area contributed by atoms with Gasteiger partial charge in [0.05, 0.1) is 11.5 Å². The summed E-state index contributed by atoms with van der Waals surface area (Å²) in [5.74, 6) is -1.49. The van der Waals surface area contributed by atoms with Crippen LogP contribution in [0, 0.1) is 17.1 Å². The van der Waals surface area contributed by atoms with E-state index < -0.39 is 11.7 Å². The smallest absolute Gasteiger partial charge is 0.205 e. The lowest BCUT2D eigenvalue weighted by Crippen LogP contribution is -2.25. The van der Waals surface area contributed by atoms with Crippen LogP contribution in [0.2, 0.25) is 0 Å². The van der Waals surface area contributed by atoms with Gasteiger partial charge in [-0.1, -0.05) is 72.8 Å². The number of Topliss-reactive ketones (excluding diaryl/α,β-unsaturated/α-hetero) is 1. The molecule has 0 spiro atoms. The van der Waals surface area contributed by atoms with Crippen molar-refractivity contribution in [2.45, 2.75) is 5.92 Å². The third kappa shape index (κ3) is 3.47. The molecule has 3 aromatic carbocycles. The van der Waals surface area contributed by atoms with E-state index in [0.717, 1.165) is 0 Å². The molecule has 0 fully saturated rings. The Hall–Kier alpha value is -4.17. The monoisotopic (exact) mass is 396 g/mol. The van der Waals surface area contributed by atoms with Crippen LogP contribution in [0.5, 0.6) is 0 Å². The average molecular weight is 396 g/mol. The molecule has 0 bridgehead atoms. The second kappa shape index (κ2) is 8.06. The van der Waals surface area contributed by atoms with Crippen molar-refractivity contribution >= 4 is 11.5 Å². The van der Waals surface area contributed by atoms with Crippen LogP contribution in [0.15, 0.2) is 102 Å². The van der Waals surface area contributed by atoms with Gasteiger partial charge in [-0.25, -0.2) is 4.39 Å². The maximum Gasteiger partial charge on any atom is 0.205 e. The first-order valence-electron chi connectivity index (χ1n) is 9.32. The van der Waals surface area contributed by atoms with E-state index in [0.29, 0.717) is 16.7 Å². The Kier molecular flexibility index (Phi) is 5.15.